The van der Waals surface area contributed by atoms with Crippen molar-refractivity contribution in [2.45, 2.75) is 39.2 Å². The van der Waals surface area contributed by atoms with Gasteiger partial charge in [0.2, 0.25) is 5.91 Å². The van der Waals surface area contributed by atoms with Gasteiger partial charge in [-0.25, -0.2) is 4.98 Å². The van der Waals surface area contributed by atoms with Gasteiger partial charge in [-0.3, -0.25) is 4.79 Å². The molecule has 6 nitrogen and oxygen atoms in total. The average Bonchev–Trinajstić information content (AvgIpc) is 2.88. The molecule has 0 aliphatic carbocycles. The zero-order chi connectivity index (χ0) is 16.2. The Morgan fingerprint density at radius 3 is 2.74 bits per heavy atom. The van der Waals surface area contributed by atoms with Gasteiger partial charge in [0.1, 0.15) is 11.6 Å². The van der Waals surface area contributed by atoms with E-state index in [4.69, 9.17) is 4.52 Å². The first-order valence-electron chi connectivity index (χ1n) is 8.00. The van der Waals surface area contributed by atoms with Gasteiger partial charge in [0.25, 0.3) is 0 Å². The van der Waals surface area contributed by atoms with E-state index in [1.807, 2.05) is 38.2 Å². The van der Waals surface area contributed by atoms with Crippen LogP contribution in [0, 0.1) is 13.8 Å². The minimum absolute atomic E-state index is 0.0377. The monoisotopic (exact) mass is 314 g/mol. The van der Waals surface area contributed by atoms with Crippen molar-refractivity contribution in [2.75, 3.05) is 18.0 Å². The summed E-state index contributed by atoms with van der Waals surface area (Å²) >= 11 is 0. The lowest BCUT2D eigenvalue weighted by molar-refractivity contribution is -0.121. The predicted molar refractivity (Wildman–Crippen MR) is 87.3 cm³/mol. The fourth-order valence-corrected chi connectivity index (χ4v) is 2.99. The van der Waals surface area contributed by atoms with E-state index in [9.17, 15) is 4.79 Å². The second kappa shape index (κ2) is 6.81. The lowest BCUT2D eigenvalue weighted by Gasteiger charge is -2.33. The first-order chi connectivity index (χ1) is 11.1. The summed E-state index contributed by atoms with van der Waals surface area (Å²) < 4.78 is 5.11. The number of rotatable bonds is 4. The first-order valence-corrected chi connectivity index (χ1v) is 8.00. The van der Waals surface area contributed by atoms with Crippen LogP contribution in [0.3, 0.4) is 0 Å². The molecule has 3 heterocycles. The van der Waals surface area contributed by atoms with E-state index >= 15 is 0 Å². The standard InChI is InChI=1S/C17H22N4O2/c1-12-15(13(2)23-20-12)11-17(22)19-14-6-9-21(10-7-14)16-5-3-4-8-18-16/h3-5,8,14H,6-7,9-11H2,1-2H3,(H,19,22). The number of anilines is 1. The summed E-state index contributed by atoms with van der Waals surface area (Å²) in [5.74, 6) is 1.77. The Kier molecular flexibility index (Phi) is 4.60. The molecule has 0 spiro atoms. The summed E-state index contributed by atoms with van der Waals surface area (Å²) in [6.07, 6.45) is 4.02. The van der Waals surface area contributed by atoms with Crippen LogP contribution in [0.4, 0.5) is 5.82 Å². The third kappa shape index (κ3) is 3.70. The minimum Gasteiger partial charge on any atom is -0.361 e. The third-order valence-electron chi connectivity index (χ3n) is 4.35. The van der Waals surface area contributed by atoms with Crippen molar-refractivity contribution in [1.82, 2.24) is 15.5 Å². The molecule has 1 aliphatic heterocycles. The molecule has 1 fully saturated rings. The normalized spacial score (nSPS) is 15.7. The number of piperidine rings is 1. The van der Waals surface area contributed by atoms with Crippen LogP contribution in [0.15, 0.2) is 28.9 Å². The topological polar surface area (TPSA) is 71.3 Å². The van der Waals surface area contributed by atoms with Crippen molar-refractivity contribution in [1.29, 1.82) is 0 Å². The average molecular weight is 314 g/mol. The van der Waals surface area contributed by atoms with Gasteiger partial charge >= 0.3 is 0 Å². The molecule has 0 unspecified atom stereocenters. The highest BCUT2D eigenvalue weighted by Crippen LogP contribution is 2.18. The second-order valence-electron chi connectivity index (χ2n) is 6.00. The van der Waals surface area contributed by atoms with E-state index in [1.54, 1.807) is 0 Å². The summed E-state index contributed by atoms with van der Waals surface area (Å²) in [7, 11) is 0. The number of nitrogens with zero attached hydrogens (tertiary/aromatic N) is 3. The fraction of sp³-hybridized carbons (Fsp3) is 0.471. The van der Waals surface area contributed by atoms with Crippen LogP contribution in [0.5, 0.6) is 0 Å². The summed E-state index contributed by atoms with van der Waals surface area (Å²) in [5.41, 5.74) is 1.69. The number of nitrogens with one attached hydrogen (secondary N) is 1. The van der Waals surface area contributed by atoms with Gasteiger partial charge in [-0.1, -0.05) is 11.2 Å². The van der Waals surface area contributed by atoms with Crippen LogP contribution in [-0.2, 0) is 11.2 Å². The smallest absolute Gasteiger partial charge is 0.224 e. The van der Waals surface area contributed by atoms with Crippen LogP contribution in [0.25, 0.3) is 0 Å². The van der Waals surface area contributed by atoms with Crippen LogP contribution in [-0.4, -0.2) is 35.2 Å². The zero-order valence-corrected chi connectivity index (χ0v) is 13.6. The van der Waals surface area contributed by atoms with Gasteiger partial charge in [-0.2, -0.15) is 0 Å². The van der Waals surface area contributed by atoms with Gasteiger partial charge in [0.15, 0.2) is 0 Å². The molecule has 2 aromatic rings. The van der Waals surface area contributed by atoms with Crippen molar-refractivity contribution in [3.8, 4) is 0 Å². The summed E-state index contributed by atoms with van der Waals surface area (Å²) in [4.78, 5) is 18.9. The van der Waals surface area contributed by atoms with Gasteiger partial charge < -0.3 is 14.7 Å². The molecule has 0 saturated carbocycles. The molecule has 23 heavy (non-hydrogen) atoms. The Bertz CT molecular complexity index is 641. The Balaban J connectivity index is 1.50. The number of hydrogen-bond acceptors (Lipinski definition) is 5. The minimum atomic E-state index is 0.0377. The summed E-state index contributed by atoms with van der Waals surface area (Å²) in [6.45, 7) is 5.53. The van der Waals surface area contributed by atoms with Crippen LogP contribution in [0.2, 0.25) is 0 Å². The lowest BCUT2D eigenvalue weighted by atomic mass is 10.0. The number of aromatic nitrogens is 2. The van der Waals surface area contributed by atoms with Crippen molar-refractivity contribution < 1.29 is 9.32 Å². The molecule has 1 aliphatic rings. The van der Waals surface area contributed by atoms with Gasteiger partial charge in [0.05, 0.1) is 12.1 Å². The van der Waals surface area contributed by atoms with Crippen molar-refractivity contribution in [3.05, 3.63) is 41.4 Å². The lowest BCUT2D eigenvalue weighted by Crippen LogP contribution is -2.45. The highest BCUT2D eigenvalue weighted by atomic mass is 16.5. The van der Waals surface area contributed by atoms with E-state index in [0.29, 0.717) is 6.42 Å². The van der Waals surface area contributed by atoms with Crippen LogP contribution >= 0.6 is 0 Å². The predicted octanol–water partition coefficient (Wildman–Crippen LogP) is 2.01. The molecule has 0 atom stereocenters. The van der Waals surface area contributed by atoms with Crippen molar-refractivity contribution in [3.63, 3.8) is 0 Å². The summed E-state index contributed by atoms with van der Waals surface area (Å²) in [6, 6.07) is 6.17. The molecule has 0 radical (unpaired) electrons. The molecule has 2 aromatic heterocycles. The first kappa shape index (κ1) is 15.5. The maximum absolute atomic E-state index is 12.2. The largest absolute Gasteiger partial charge is 0.361 e. The number of aryl methyl sites for hydroxylation is 2. The Morgan fingerprint density at radius 1 is 1.35 bits per heavy atom. The molecule has 0 aromatic carbocycles. The third-order valence-corrected chi connectivity index (χ3v) is 4.35. The zero-order valence-electron chi connectivity index (χ0n) is 13.6. The SMILES string of the molecule is Cc1noc(C)c1CC(=O)NC1CCN(c2ccccn2)CC1. The van der Waals surface area contributed by atoms with E-state index < -0.39 is 0 Å². The number of carbonyl (C=O) groups excluding carboxylic acids is 1. The second-order valence-corrected chi connectivity index (χ2v) is 6.00. The number of carbonyl (C=O) groups is 1. The fourth-order valence-electron chi connectivity index (χ4n) is 2.99. The highest BCUT2D eigenvalue weighted by molar-refractivity contribution is 5.79. The Morgan fingerprint density at radius 2 is 2.13 bits per heavy atom. The summed E-state index contributed by atoms with van der Waals surface area (Å²) in [5, 5.41) is 7.02. The molecule has 1 N–H and O–H groups in total. The van der Waals surface area contributed by atoms with E-state index in [2.05, 4.69) is 20.4 Å². The molecule has 0 bridgehead atoms. The number of pyridine rings is 1. The van der Waals surface area contributed by atoms with Gasteiger partial charge in [-0.15, -0.1) is 0 Å². The van der Waals surface area contributed by atoms with E-state index in [1.165, 1.54) is 0 Å². The number of hydrogen-bond donors (Lipinski definition) is 1. The van der Waals surface area contributed by atoms with Crippen LogP contribution < -0.4 is 10.2 Å². The van der Waals surface area contributed by atoms with Gasteiger partial charge in [-0.05, 0) is 38.8 Å². The highest BCUT2D eigenvalue weighted by Gasteiger charge is 2.22. The maximum atomic E-state index is 12.2. The molecule has 122 valence electrons. The van der Waals surface area contributed by atoms with Crippen molar-refractivity contribution >= 4 is 11.7 Å². The maximum Gasteiger partial charge on any atom is 0.224 e. The van der Waals surface area contributed by atoms with Gasteiger partial charge in [0, 0.05) is 30.9 Å². The number of amides is 1. The van der Waals surface area contributed by atoms with Crippen LogP contribution in [0.1, 0.15) is 29.9 Å². The Labute approximate surface area is 135 Å². The Hall–Kier alpha value is -2.37. The molecular weight excluding hydrogens is 292 g/mol. The molecule has 3 rings (SSSR count). The quantitative estimate of drug-likeness (QED) is 0.935. The van der Waals surface area contributed by atoms with E-state index in [0.717, 1.165) is 48.8 Å². The molecule has 6 heteroatoms. The molecule has 1 amide bonds. The molecular formula is C17H22N4O2. The van der Waals surface area contributed by atoms with Crippen molar-refractivity contribution in [2.24, 2.45) is 0 Å². The molecule has 1 saturated heterocycles. The van der Waals surface area contributed by atoms with E-state index in [-0.39, 0.29) is 11.9 Å².